The molecule has 0 radical (unpaired) electrons. The van der Waals surface area contributed by atoms with Crippen molar-refractivity contribution in [2.45, 2.75) is 46.5 Å². The van der Waals surface area contributed by atoms with E-state index >= 15 is 0 Å². The lowest BCUT2D eigenvalue weighted by Crippen LogP contribution is -2.17. The minimum absolute atomic E-state index is 0.665. The monoisotopic (exact) mass is 492 g/mol. The van der Waals surface area contributed by atoms with Crippen LogP contribution in [0.2, 0.25) is 0 Å². The third-order valence-corrected chi connectivity index (χ3v) is 6.99. The van der Waals surface area contributed by atoms with E-state index in [9.17, 15) is 0 Å². The number of fused-ring (bicyclic) bond motifs is 1. The van der Waals surface area contributed by atoms with Gasteiger partial charge < -0.3 is 22.2 Å². The van der Waals surface area contributed by atoms with E-state index in [1.807, 2.05) is 32.2 Å². The summed E-state index contributed by atoms with van der Waals surface area (Å²) in [6.45, 7) is 11.4. The summed E-state index contributed by atoms with van der Waals surface area (Å²) in [7, 11) is 3.38. The molecule has 1 aromatic heterocycles. The Morgan fingerprint density at radius 3 is 2.23 bits per heavy atom. The van der Waals surface area contributed by atoms with Crippen LogP contribution in [0.3, 0.4) is 0 Å². The van der Waals surface area contributed by atoms with Gasteiger partial charge in [-0.05, 0) is 93.9 Å². The molecule has 6 N–H and O–H groups in total. The van der Waals surface area contributed by atoms with Crippen molar-refractivity contribution in [3.63, 3.8) is 0 Å². The molecule has 4 rings (SSSR count). The fraction of sp³-hybridized carbons (Fsp3) is 0.367. The molecule has 0 aliphatic heterocycles. The molecule has 1 aliphatic carbocycles. The highest BCUT2D eigenvalue weighted by molar-refractivity contribution is 7.14. The predicted octanol–water partition coefficient (Wildman–Crippen LogP) is 6.37. The topological polar surface area (TPSA) is 87.9 Å². The van der Waals surface area contributed by atoms with Gasteiger partial charge in [0.25, 0.3) is 0 Å². The first-order valence-electron chi connectivity index (χ1n) is 12.3. The van der Waals surface area contributed by atoms with Crippen LogP contribution in [0.15, 0.2) is 54.4 Å². The molecular weight excluding hydrogens is 448 g/mol. The quantitative estimate of drug-likeness (QED) is 0.312. The molecule has 1 aliphatic rings. The summed E-state index contributed by atoms with van der Waals surface area (Å²) in [5, 5.41) is 12.8. The predicted molar refractivity (Wildman–Crippen MR) is 158 cm³/mol. The van der Waals surface area contributed by atoms with Crippen molar-refractivity contribution in [2.75, 3.05) is 27.2 Å². The van der Waals surface area contributed by atoms with Crippen molar-refractivity contribution in [1.82, 2.24) is 5.32 Å². The second-order valence-electron chi connectivity index (χ2n) is 8.37. The third kappa shape index (κ3) is 9.54. The number of benzene rings is 2. The van der Waals surface area contributed by atoms with Crippen molar-refractivity contribution >= 4 is 23.1 Å². The van der Waals surface area contributed by atoms with Crippen LogP contribution in [0.25, 0.3) is 16.5 Å². The average Bonchev–Trinajstić information content (AvgIpc) is 3.28. The summed E-state index contributed by atoms with van der Waals surface area (Å²) in [4.78, 5) is 1.33. The summed E-state index contributed by atoms with van der Waals surface area (Å²) >= 11 is 1.77. The van der Waals surface area contributed by atoms with E-state index in [4.69, 9.17) is 11.1 Å². The largest absolute Gasteiger partial charge is 0.333 e. The minimum Gasteiger partial charge on any atom is -0.333 e. The van der Waals surface area contributed by atoms with Crippen molar-refractivity contribution in [1.29, 1.82) is 5.41 Å². The molecule has 0 amide bonds. The Hall–Kier alpha value is -2.57. The minimum atomic E-state index is 0.665. The van der Waals surface area contributed by atoms with E-state index in [2.05, 4.69) is 67.2 Å². The molecule has 4 nitrogen and oxygen atoms in total. The maximum Gasteiger partial charge on any atom is 0.0378 e. The molecule has 0 fully saturated rings. The zero-order chi connectivity index (χ0) is 26.2. The van der Waals surface area contributed by atoms with Crippen LogP contribution in [0.4, 0.5) is 0 Å². The summed E-state index contributed by atoms with van der Waals surface area (Å²) in [5.41, 5.74) is 19.5. The van der Waals surface area contributed by atoms with Crippen LogP contribution in [0, 0.1) is 19.3 Å². The zero-order valence-electron chi connectivity index (χ0n) is 22.2. The molecular formula is C30H44N4S. The standard InChI is InChI=1S/C17H19NS.C9H10.C3H10N2.CH5N/c1-11-16(12(2)18)10-19-17(11)15-8-7-13-5-3-4-6-14(13)9-15;1-3-9-7-5-4-6-8(9)2;1-5-3-2-4;1-2/h7-10,18H,3-6H2,1-2H3;3-7H,1H2,2H3;5H,2-4H2,1H3;2H2,1H3. The number of nitrogens with two attached hydrogens (primary N) is 2. The van der Waals surface area contributed by atoms with Gasteiger partial charge in [-0.2, -0.15) is 0 Å². The zero-order valence-corrected chi connectivity index (χ0v) is 23.0. The maximum absolute atomic E-state index is 7.81. The van der Waals surface area contributed by atoms with Crippen LogP contribution in [0.1, 0.15) is 53.1 Å². The second kappa shape index (κ2) is 17.0. The molecule has 5 heteroatoms. The molecule has 190 valence electrons. The number of aryl methyl sites for hydroxylation is 3. The smallest absolute Gasteiger partial charge is 0.0378 e. The van der Waals surface area contributed by atoms with Crippen LogP contribution in [-0.2, 0) is 12.8 Å². The molecule has 0 bridgehead atoms. The van der Waals surface area contributed by atoms with Gasteiger partial charge in [0.1, 0.15) is 0 Å². The second-order valence-corrected chi connectivity index (χ2v) is 9.25. The number of nitrogens with one attached hydrogen (secondary N) is 2. The Labute approximate surface area is 217 Å². The Kier molecular flexibility index (Phi) is 14.8. The first-order chi connectivity index (χ1) is 16.9. The first-order valence-corrected chi connectivity index (χ1v) is 13.2. The lowest BCUT2D eigenvalue weighted by atomic mass is 9.90. The van der Waals surface area contributed by atoms with Gasteiger partial charge in [-0.1, -0.05) is 55.1 Å². The van der Waals surface area contributed by atoms with Crippen molar-refractivity contribution in [3.05, 3.63) is 87.8 Å². The fourth-order valence-corrected chi connectivity index (χ4v) is 5.04. The van der Waals surface area contributed by atoms with E-state index in [1.54, 1.807) is 11.3 Å². The Balaban J connectivity index is 0.000000319. The van der Waals surface area contributed by atoms with Crippen molar-refractivity contribution < 1.29 is 0 Å². The fourth-order valence-electron chi connectivity index (χ4n) is 3.91. The highest BCUT2D eigenvalue weighted by Gasteiger charge is 2.14. The summed E-state index contributed by atoms with van der Waals surface area (Å²) in [6, 6.07) is 15.1. The summed E-state index contributed by atoms with van der Waals surface area (Å²) in [6.07, 6.45) is 7.00. The van der Waals surface area contributed by atoms with E-state index in [1.165, 1.54) is 71.0 Å². The van der Waals surface area contributed by atoms with Gasteiger partial charge in [0.2, 0.25) is 0 Å². The average molecular weight is 493 g/mol. The van der Waals surface area contributed by atoms with Crippen LogP contribution >= 0.6 is 11.3 Å². The molecule has 1 heterocycles. The molecule has 0 unspecified atom stereocenters. The van der Waals surface area contributed by atoms with Gasteiger partial charge >= 0.3 is 0 Å². The normalized spacial score (nSPS) is 11.4. The van der Waals surface area contributed by atoms with Gasteiger partial charge in [0, 0.05) is 34.6 Å². The lowest BCUT2D eigenvalue weighted by Gasteiger charge is -2.16. The molecule has 2 aromatic carbocycles. The van der Waals surface area contributed by atoms with Crippen LogP contribution in [-0.4, -0.2) is 32.9 Å². The molecule has 0 saturated carbocycles. The number of hydrogen-bond donors (Lipinski definition) is 4. The number of hydrogen-bond acceptors (Lipinski definition) is 5. The molecule has 0 atom stereocenters. The maximum atomic E-state index is 7.81. The highest BCUT2D eigenvalue weighted by atomic mass is 32.1. The van der Waals surface area contributed by atoms with Crippen molar-refractivity contribution in [3.8, 4) is 10.4 Å². The van der Waals surface area contributed by atoms with Gasteiger partial charge in [0.15, 0.2) is 0 Å². The Bertz CT molecular complexity index is 1050. The number of thiophene rings is 1. The summed E-state index contributed by atoms with van der Waals surface area (Å²) in [5.74, 6) is 0. The van der Waals surface area contributed by atoms with E-state index in [0.29, 0.717) is 5.71 Å². The molecule has 0 spiro atoms. The SMILES string of the molecule is C=Cc1ccccc1C.CC(=N)c1csc(-c2ccc3c(c2)CCCC3)c1C.CN.CNCCN. The van der Waals surface area contributed by atoms with Gasteiger partial charge in [-0.25, -0.2) is 0 Å². The van der Waals surface area contributed by atoms with Crippen LogP contribution < -0.4 is 16.8 Å². The van der Waals surface area contributed by atoms with Gasteiger partial charge in [-0.3, -0.25) is 0 Å². The first kappa shape index (κ1) is 30.5. The third-order valence-electron chi connectivity index (χ3n) is 5.86. The molecule has 35 heavy (non-hydrogen) atoms. The highest BCUT2D eigenvalue weighted by Crippen LogP contribution is 2.35. The van der Waals surface area contributed by atoms with E-state index in [-0.39, 0.29) is 0 Å². The van der Waals surface area contributed by atoms with E-state index in [0.717, 1.165) is 18.7 Å². The van der Waals surface area contributed by atoms with Crippen molar-refractivity contribution in [2.24, 2.45) is 11.5 Å². The summed E-state index contributed by atoms with van der Waals surface area (Å²) < 4.78 is 0. The number of rotatable bonds is 5. The van der Waals surface area contributed by atoms with E-state index < -0.39 is 0 Å². The molecule has 3 aromatic rings. The van der Waals surface area contributed by atoms with Crippen LogP contribution in [0.5, 0.6) is 0 Å². The Morgan fingerprint density at radius 2 is 1.74 bits per heavy atom. The van der Waals surface area contributed by atoms with Gasteiger partial charge in [0.05, 0.1) is 0 Å². The Morgan fingerprint density at radius 1 is 1.09 bits per heavy atom. The lowest BCUT2D eigenvalue weighted by molar-refractivity contribution is 0.686. The van der Waals surface area contributed by atoms with Gasteiger partial charge in [-0.15, -0.1) is 11.3 Å². The molecule has 0 saturated heterocycles. The number of likely N-dealkylation sites (N-methyl/N-ethyl adjacent to an activating group) is 1.